The highest BCUT2D eigenvalue weighted by Gasteiger charge is 2.35. The van der Waals surface area contributed by atoms with E-state index in [2.05, 4.69) is 5.43 Å². The van der Waals surface area contributed by atoms with Crippen LogP contribution in [-0.4, -0.2) is 22.6 Å². The Morgan fingerprint density at radius 3 is 2.71 bits per heavy atom. The van der Waals surface area contributed by atoms with Crippen LogP contribution in [0, 0.1) is 0 Å². The lowest BCUT2D eigenvalue weighted by atomic mass is 10.2. The molecule has 0 spiro atoms. The molecule has 0 radical (unpaired) electrons. The molecule has 1 fully saturated rings. The molecule has 0 bridgehead atoms. The van der Waals surface area contributed by atoms with Crippen LogP contribution in [0.15, 0.2) is 41.8 Å². The van der Waals surface area contributed by atoms with Gasteiger partial charge >= 0.3 is 0 Å². The molecular formula is C14H11ClN2O2S2. The minimum atomic E-state index is -0.316. The second kappa shape index (κ2) is 6.09. The van der Waals surface area contributed by atoms with E-state index in [0.29, 0.717) is 16.3 Å². The van der Waals surface area contributed by atoms with Gasteiger partial charge in [-0.25, -0.2) is 5.01 Å². The fraction of sp³-hybridized carbons (Fsp3) is 0.143. The highest BCUT2D eigenvalue weighted by atomic mass is 35.5. The van der Waals surface area contributed by atoms with Crippen molar-refractivity contribution in [2.75, 3.05) is 5.75 Å². The van der Waals surface area contributed by atoms with Crippen molar-refractivity contribution >= 4 is 46.5 Å². The predicted molar refractivity (Wildman–Crippen MR) is 85.3 cm³/mol. The van der Waals surface area contributed by atoms with Crippen LogP contribution in [0.2, 0.25) is 5.02 Å². The van der Waals surface area contributed by atoms with Crippen molar-refractivity contribution in [3.63, 3.8) is 0 Å². The highest BCUT2D eigenvalue weighted by molar-refractivity contribution is 8.00. The number of benzene rings is 1. The molecule has 0 saturated carbocycles. The third-order valence-electron chi connectivity index (χ3n) is 2.98. The first-order chi connectivity index (χ1) is 10.1. The van der Waals surface area contributed by atoms with Crippen molar-refractivity contribution in [3.8, 4) is 0 Å². The van der Waals surface area contributed by atoms with E-state index in [-0.39, 0.29) is 17.2 Å². The van der Waals surface area contributed by atoms with Gasteiger partial charge in [-0.3, -0.25) is 15.0 Å². The molecule has 1 aliphatic rings. The van der Waals surface area contributed by atoms with Gasteiger partial charge in [-0.1, -0.05) is 17.7 Å². The van der Waals surface area contributed by atoms with Gasteiger partial charge in [0.05, 0.1) is 5.75 Å². The molecule has 7 heteroatoms. The number of nitrogens with zero attached hydrogens (tertiary/aromatic N) is 1. The van der Waals surface area contributed by atoms with Crippen molar-refractivity contribution in [3.05, 3.63) is 57.2 Å². The van der Waals surface area contributed by atoms with E-state index in [1.165, 1.54) is 16.8 Å². The standard InChI is InChI=1S/C14H11ClN2O2S2/c15-10-5-3-9(4-6-10)13(19)16-17-12(18)8-21-14(17)11-2-1-7-20-11/h1-7,14H,8H2,(H,16,19)/t14-/m0/s1. The molecule has 1 saturated heterocycles. The third kappa shape index (κ3) is 3.07. The number of halogens is 1. The Hall–Kier alpha value is -1.50. The van der Waals surface area contributed by atoms with E-state index >= 15 is 0 Å². The molecule has 21 heavy (non-hydrogen) atoms. The van der Waals surface area contributed by atoms with Crippen molar-refractivity contribution in [2.45, 2.75) is 5.37 Å². The van der Waals surface area contributed by atoms with E-state index in [1.807, 2.05) is 17.5 Å². The zero-order chi connectivity index (χ0) is 14.8. The van der Waals surface area contributed by atoms with Crippen molar-refractivity contribution in [2.24, 2.45) is 0 Å². The summed E-state index contributed by atoms with van der Waals surface area (Å²) in [7, 11) is 0. The summed E-state index contributed by atoms with van der Waals surface area (Å²) in [6, 6.07) is 10.4. The maximum absolute atomic E-state index is 12.2. The Balaban J connectivity index is 1.77. The minimum Gasteiger partial charge on any atom is -0.272 e. The van der Waals surface area contributed by atoms with E-state index in [9.17, 15) is 9.59 Å². The SMILES string of the molecule is O=C(NN1C(=O)CS[C@H]1c1cccs1)c1ccc(Cl)cc1. The molecular weight excluding hydrogens is 328 g/mol. The number of carbonyl (C=O) groups excluding carboxylic acids is 2. The number of thiophene rings is 1. The summed E-state index contributed by atoms with van der Waals surface area (Å²) in [6.07, 6.45) is 0. The number of carbonyl (C=O) groups is 2. The number of thioether (sulfide) groups is 1. The van der Waals surface area contributed by atoms with Gasteiger partial charge in [0.2, 0.25) is 0 Å². The van der Waals surface area contributed by atoms with Gasteiger partial charge in [0, 0.05) is 15.5 Å². The molecule has 2 amide bonds. The lowest BCUT2D eigenvalue weighted by molar-refractivity contribution is -0.130. The molecule has 108 valence electrons. The Bertz CT molecular complexity index is 658. The van der Waals surface area contributed by atoms with Crippen LogP contribution < -0.4 is 5.43 Å². The van der Waals surface area contributed by atoms with E-state index in [0.717, 1.165) is 4.88 Å². The largest absolute Gasteiger partial charge is 0.272 e. The fourth-order valence-electron chi connectivity index (χ4n) is 1.96. The summed E-state index contributed by atoms with van der Waals surface area (Å²) in [5.41, 5.74) is 3.16. The normalized spacial score (nSPS) is 18.0. The van der Waals surface area contributed by atoms with Crippen LogP contribution in [0.1, 0.15) is 20.6 Å². The monoisotopic (exact) mass is 338 g/mol. The first-order valence-electron chi connectivity index (χ1n) is 6.19. The summed E-state index contributed by atoms with van der Waals surface area (Å²) in [5, 5.41) is 3.77. The maximum atomic E-state index is 12.2. The summed E-state index contributed by atoms with van der Waals surface area (Å²) in [6.45, 7) is 0. The third-order valence-corrected chi connectivity index (χ3v) is 5.50. The lowest BCUT2D eigenvalue weighted by Crippen LogP contribution is -2.44. The predicted octanol–water partition coefficient (Wildman–Crippen LogP) is 3.32. The van der Waals surface area contributed by atoms with Gasteiger partial charge in [0.1, 0.15) is 5.37 Å². The topological polar surface area (TPSA) is 49.4 Å². The fourth-order valence-corrected chi connectivity index (χ4v) is 4.15. The zero-order valence-electron chi connectivity index (χ0n) is 10.8. The van der Waals surface area contributed by atoms with Crippen molar-refractivity contribution < 1.29 is 9.59 Å². The zero-order valence-corrected chi connectivity index (χ0v) is 13.2. The molecule has 1 N–H and O–H groups in total. The second-order valence-corrected chi connectivity index (χ2v) is 6.87. The van der Waals surface area contributed by atoms with E-state index in [1.54, 1.807) is 35.6 Å². The molecule has 2 heterocycles. The van der Waals surface area contributed by atoms with Crippen LogP contribution in [0.3, 0.4) is 0 Å². The van der Waals surface area contributed by atoms with Crippen LogP contribution in [0.4, 0.5) is 0 Å². The summed E-state index contributed by atoms with van der Waals surface area (Å²) in [4.78, 5) is 25.2. The molecule has 2 aromatic rings. The van der Waals surface area contributed by atoms with Crippen molar-refractivity contribution in [1.29, 1.82) is 0 Å². The highest BCUT2D eigenvalue weighted by Crippen LogP contribution is 2.39. The number of hydrogen-bond donors (Lipinski definition) is 1. The lowest BCUT2D eigenvalue weighted by Gasteiger charge is -2.23. The van der Waals surface area contributed by atoms with Gasteiger partial charge in [-0.15, -0.1) is 23.1 Å². The van der Waals surface area contributed by atoms with E-state index in [4.69, 9.17) is 11.6 Å². The molecule has 0 aliphatic carbocycles. The molecule has 1 atom stereocenters. The molecule has 1 aromatic carbocycles. The maximum Gasteiger partial charge on any atom is 0.269 e. The number of amides is 2. The summed E-state index contributed by atoms with van der Waals surface area (Å²) < 4.78 is 0. The molecule has 0 unspecified atom stereocenters. The quantitative estimate of drug-likeness (QED) is 0.934. The van der Waals surface area contributed by atoms with Crippen LogP contribution in [0.25, 0.3) is 0 Å². The van der Waals surface area contributed by atoms with Gasteiger partial charge in [-0.05, 0) is 35.7 Å². The first kappa shape index (κ1) is 14.4. The summed E-state index contributed by atoms with van der Waals surface area (Å²) >= 11 is 8.88. The van der Waals surface area contributed by atoms with Gasteiger partial charge in [0.25, 0.3) is 11.8 Å². The van der Waals surface area contributed by atoms with E-state index < -0.39 is 0 Å². The number of rotatable bonds is 3. The van der Waals surface area contributed by atoms with Crippen LogP contribution >= 0.6 is 34.7 Å². The average molecular weight is 339 g/mol. The number of nitrogens with one attached hydrogen (secondary N) is 1. The average Bonchev–Trinajstić information content (AvgIpc) is 3.10. The molecule has 1 aliphatic heterocycles. The summed E-state index contributed by atoms with van der Waals surface area (Å²) in [5.74, 6) is -0.0477. The van der Waals surface area contributed by atoms with Crippen molar-refractivity contribution in [1.82, 2.24) is 10.4 Å². The Morgan fingerprint density at radius 1 is 1.29 bits per heavy atom. The Morgan fingerprint density at radius 2 is 2.05 bits per heavy atom. The smallest absolute Gasteiger partial charge is 0.269 e. The molecule has 4 nitrogen and oxygen atoms in total. The first-order valence-corrected chi connectivity index (χ1v) is 8.49. The second-order valence-electron chi connectivity index (χ2n) is 4.39. The molecule has 3 rings (SSSR count). The van der Waals surface area contributed by atoms with Crippen LogP contribution in [-0.2, 0) is 4.79 Å². The Kier molecular flexibility index (Phi) is 4.19. The van der Waals surface area contributed by atoms with Gasteiger partial charge < -0.3 is 0 Å². The number of hydrogen-bond acceptors (Lipinski definition) is 4. The van der Waals surface area contributed by atoms with Crippen LogP contribution in [0.5, 0.6) is 0 Å². The van der Waals surface area contributed by atoms with Gasteiger partial charge in [-0.2, -0.15) is 0 Å². The van der Waals surface area contributed by atoms with Gasteiger partial charge in [0.15, 0.2) is 0 Å². The number of hydrazine groups is 1. The minimum absolute atomic E-state index is 0.0966. The molecule has 1 aromatic heterocycles. The Labute approximate surface area is 135 Å².